The average molecular weight is 238 g/mol. The van der Waals surface area contributed by atoms with Crippen molar-refractivity contribution in [1.29, 1.82) is 5.26 Å². The molecule has 0 aliphatic carbocycles. The van der Waals surface area contributed by atoms with E-state index >= 15 is 0 Å². The van der Waals surface area contributed by atoms with E-state index in [0.29, 0.717) is 18.5 Å². The van der Waals surface area contributed by atoms with Crippen LogP contribution in [0, 0.1) is 23.0 Å². The molecule has 17 heavy (non-hydrogen) atoms. The van der Waals surface area contributed by atoms with Crippen LogP contribution in [0.25, 0.3) is 0 Å². The summed E-state index contributed by atoms with van der Waals surface area (Å²) in [5.41, 5.74) is -0.269. The summed E-state index contributed by atoms with van der Waals surface area (Å²) in [4.78, 5) is 1.82. The van der Waals surface area contributed by atoms with Gasteiger partial charge in [0.1, 0.15) is 17.2 Å². The van der Waals surface area contributed by atoms with Crippen LogP contribution in [0.4, 0.5) is 8.78 Å². The minimum Gasteiger partial charge on any atom is -0.289 e. The zero-order chi connectivity index (χ0) is 13.1. The molecule has 0 saturated carbocycles. The normalized spacial score (nSPS) is 11.6. The third-order valence-corrected chi connectivity index (χ3v) is 2.95. The minimum absolute atomic E-state index is 0.339. The third kappa shape index (κ3) is 3.50. The van der Waals surface area contributed by atoms with Crippen molar-refractivity contribution < 1.29 is 8.78 Å². The number of nitriles is 1. The second kappa shape index (κ2) is 5.24. The van der Waals surface area contributed by atoms with Crippen molar-refractivity contribution in [2.45, 2.75) is 25.8 Å². The van der Waals surface area contributed by atoms with E-state index in [1.807, 2.05) is 4.90 Å². The predicted molar refractivity (Wildman–Crippen MR) is 62.4 cm³/mol. The van der Waals surface area contributed by atoms with Crippen LogP contribution < -0.4 is 0 Å². The van der Waals surface area contributed by atoms with E-state index in [0.717, 1.165) is 12.1 Å². The Morgan fingerprint density at radius 1 is 1.35 bits per heavy atom. The lowest BCUT2D eigenvalue weighted by molar-refractivity contribution is 0.213. The molecule has 1 aromatic rings. The Kier molecular flexibility index (Phi) is 4.19. The van der Waals surface area contributed by atoms with Crippen LogP contribution in [0.15, 0.2) is 18.2 Å². The molecule has 4 heteroatoms. The number of hydrogen-bond acceptors (Lipinski definition) is 2. The molecule has 0 unspecified atom stereocenters. The lowest BCUT2D eigenvalue weighted by atomic mass is 10.0. The molecule has 0 spiro atoms. The molecule has 0 aliphatic heterocycles. The minimum atomic E-state index is -0.607. The molecular formula is C13H16F2N2. The fraction of sp³-hybridized carbons (Fsp3) is 0.462. The Morgan fingerprint density at radius 2 is 2.00 bits per heavy atom. The summed E-state index contributed by atoms with van der Waals surface area (Å²) in [5, 5.41) is 8.93. The van der Waals surface area contributed by atoms with Gasteiger partial charge in [0.2, 0.25) is 0 Å². The van der Waals surface area contributed by atoms with Crippen molar-refractivity contribution in [3.8, 4) is 6.07 Å². The first-order valence-electron chi connectivity index (χ1n) is 5.43. The molecule has 0 aliphatic rings. The van der Waals surface area contributed by atoms with E-state index in [1.165, 1.54) is 6.07 Å². The van der Waals surface area contributed by atoms with E-state index < -0.39 is 17.2 Å². The summed E-state index contributed by atoms with van der Waals surface area (Å²) >= 11 is 0. The lowest BCUT2D eigenvalue weighted by Crippen LogP contribution is -2.40. The van der Waals surface area contributed by atoms with Gasteiger partial charge >= 0.3 is 0 Å². The Labute approximate surface area is 100 Å². The molecule has 0 fully saturated rings. The summed E-state index contributed by atoms with van der Waals surface area (Å²) in [5.74, 6) is -0.849. The van der Waals surface area contributed by atoms with Crippen LogP contribution >= 0.6 is 0 Å². The Hall–Kier alpha value is -1.47. The Morgan fingerprint density at radius 3 is 2.59 bits per heavy atom. The van der Waals surface area contributed by atoms with Crippen LogP contribution in [0.5, 0.6) is 0 Å². The van der Waals surface area contributed by atoms with Crippen molar-refractivity contribution in [2.75, 3.05) is 13.6 Å². The van der Waals surface area contributed by atoms with Crippen molar-refractivity contribution in [3.63, 3.8) is 0 Å². The van der Waals surface area contributed by atoms with Gasteiger partial charge in [-0.3, -0.25) is 4.90 Å². The van der Waals surface area contributed by atoms with Crippen LogP contribution in [0.1, 0.15) is 19.4 Å². The maximum Gasteiger partial charge on any atom is 0.126 e. The molecule has 0 aromatic heterocycles. The highest BCUT2D eigenvalue weighted by Gasteiger charge is 2.22. The van der Waals surface area contributed by atoms with Crippen molar-refractivity contribution >= 4 is 0 Å². The largest absolute Gasteiger partial charge is 0.289 e. The van der Waals surface area contributed by atoms with Gasteiger partial charge < -0.3 is 0 Å². The Balaban J connectivity index is 2.69. The van der Waals surface area contributed by atoms with Crippen LogP contribution in [0.2, 0.25) is 0 Å². The monoisotopic (exact) mass is 238 g/mol. The number of hydrogen-bond donors (Lipinski definition) is 0. The second-order valence-corrected chi connectivity index (χ2v) is 4.58. The first kappa shape index (κ1) is 13.6. The maximum atomic E-state index is 13.3. The molecule has 0 bridgehead atoms. The van der Waals surface area contributed by atoms with Gasteiger partial charge in [-0.2, -0.15) is 5.26 Å². The molecule has 2 nitrogen and oxygen atoms in total. The molecule has 0 heterocycles. The van der Waals surface area contributed by atoms with Crippen LogP contribution in [-0.4, -0.2) is 24.0 Å². The summed E-state index contributed by atoms with van der Waals surface area (Å²) in [6.45, 7) is 4.07. The van der Waals surface area contributed by atoms with Gasteiger partial charge in [-0.1, -0.05) is 0 Å². The first-order chi connectivity index (χ1) is 7.86. The highest BCUT2D eigenvalue weighted by atomic mass is 19.1. The smallest absolute Gasteiger partial charge is 0.126 e. The summed E-state index contributed by atoms with van der Waals surface area (Å²) in [7, 11) is 1.79. The van der Waals surface area contributed by atoms with Gasteiger partial charge in [0, 0.05) is 6.54 Å². The number of halogens is 2. The van der Waals surface area contributed by atoms with Crippen molar-refractivity contribution in [1.82, 2.24) is 4.90 Å². The third-order valence-electron chi connectivity index (χ3n) is 2.95. The molecular weight excluding hydrogens is 222 g/mol. The van der Waals surface area contributed by atoms with Gasteiger partial charge in [0.25, 0.3) is 0 Å². The summed E-state index contributed by atoms with van der Waals surface area (Å²) in [6.07, 6.45) is 0.380. The number of nitrogens with zero attached hydrogens (tertiary/aromatic N) is 2. The van der Waals surface area contributed by atoms with Crippen LogP contribution in [0.3, 0.4) is 0 Å². The van der Waals surface area contributed by atoms with E-state index in [1.54, 1.807) is 20.9 Å². The van der Waals surface area contributed by atoms with Gasteiger partial charge in [0.05, 0.1) is 6.07 Å². The van der Waals surface area contributed by atoms with Crippen molar-refractivity contribution in [2.24, 2.45) is 0 Å². The molecule has 1 rings (SSSR count). The molecule has 92 valence electrons. The molecule has 0 N–H and O–H groups in total. The second-order valence-electron chi connectivity index (χ2n) is 4.58. The highest BCUT2D eigenvalue weighted by Crippen LogP contribution is 2.14. The summed E-state index contributed by atoms with van der Waals surface area (Å²) in [6, 6.07) is 5.58. The molecule has 1 aromatic carbocycles. The molecule has 0 atom stereocenters. The fourth-order valence-electron chi connectivity index (χ4n) is 1.39. The van der Waals surface area contributed by atoms with Gasteiger partial charge in [-0.25, -0.2) is 8.78 Å². The maximum absolute atomic E-state index is 13.3. The Bertz CT molecular complexity index is 436. The average Bonchev–Trinajstić information content (AvgIpc) is 2.29. The van der Waals surface area contributed by atoms with Crippen molar-refractivity contribution in [3.05, 3.63) is 35.4 Å². The van der Waals surface area contributed by atoms with Crippen LogP contribution in [-0.2, 0) is 6.42 Å². The van der Waals surface area contributed by atoms with Gasteiger partial charge in [-0.15, -0.1) is 0 Å². The predicted octanol–water partition coefficient (Wildman–Crippen LogP) is 2.74. The lowest BCUT2D eigenvalue weighted by Gasteiger charge is -2.28. The molecule has 0 saturated heterocycles. The summed E-state index contributed by atoms with van der Waals surface area (Å²) < 4.78 is 26.3. The zero-order valence-electron chi connectivity index (χ0n) is 10.3. The zero-order valence-corrected chi connectivity index (χ0v) is 10.3. The molecule has 0 radical (unpaired) electrons. The van der Waals surface area contributed by atoms with E-state index in [-0.39, 0.29) is 0 Å². The SMILES string of the molecule is CN(CCc1cc(F)ccc1F)C(C)(C)C#N. The van der Waals surface area contributed by atoms with E-state index in [2.05, 4.69) is 6.07 Å². The first-order valence-corrected chi connectivity index (χ1v) is 5.43. The van der Waals surface area contributed by atoms with E-state index in [9.17, 15) is 8.78 Å². The number of likely N-dealkylation sites (N-methyl/N-ethyl adjacent to an activating group) is 1. The van der Waals surface area contributed by atoms with Gasteiger partial charge in [0.15, 0.2) is 0 Å². The van der Waals surface area contributed by atoms with E-state index in [4.69, 9.17) is 5.26 Å². The number of rotatable bonds is 4. The topological polar surface area (TPSA) is 27.0 Å². The molecule has 0 amide bonds. The quantitative estimate of drug-likeness (QED) is 0.806. The highest BCUT2D eigenvalue weighted by molar-refractivity contribution is 5.19. The number of benzene rings is 1. The van der Waals surface area contributed by atoms with Gasteiger partial charge in [-0.05, 0) is 51.1 Å². The fourth-order valence-corrected chi connectivity index (χ4v) is 1.39. The standard InChI is InChI=1S/C13H16F2N2/c1-13(2,9-16)17(3)7-6-10-8-11(14)4-5-12(10)15/h4-5,8H,6-7H2,1-3H3.